The van der Waals surface area contributed by atoms with Gasteiger partial charge in [-0.1, -0.05) is 31.2 Å². The van der Waals surface area contributed by atoms with Crippen molar-refractivity contribution in [2.75, 3.05) is 18.0 Å². The zero-order valence-corrected chi connectivity index (χ0v) is 22.0. The number of imidazole rings is 1. The third kappa shape index (κ3) is 5.80. The lowest BCUT2D eigenvalue weighted by molar-refractivity contribution is -0.274. The van der Waals surface area contributed by atoms with Crippen LogP contribution in [0.4, 0.5) is 18.9 Å². The molecule has 2 aromatic carbocycles. The van der Waals surface area contributed by atoms with Gasteiger partial charge in [-0.2, -0.15) is 0 Å². The molecule has 1 saturated heterocycles. The molecule has 200 valence electrons. The Morgan fingerprint density at radius 2 is 1.79 bits per heavy atom. The Labute approximate surface area is 223 Å². The molecule has 0 atom stereocenters. The lowest BCUT2D eigenvalue weighted by Crippen LogP contribution is -2.32. The molecule has 0 spiro atoms. The number of carbonyl (C=O) groups is 1. The van der Waals surface area contributed by atoms with E-state index in [0.29, 0.717) is 24.6 Å². The van der Waals surface area contributed by atoms with Crippen LogP contribution in [0.3, 0.4) is 0 Å². The summed E-state index contributed by atoms with van der Waals surface area (Å²) < 4.78 is 43.0. The molecule has 1 aliphatic heterocycles. The average molecular weight is 543 g/mol. The maximum atomic E-state index is 13.0. The summed E-state index contributed by atoms with van der Waals surface area (Å²) in [4.78, 5) is 21.7. The molecular formula is C28H29F3N4O2S. The Morgan fingerprint density at radius 3 is 2.42 bits per heavy atom. The first kappa shape index (κ1) is 26.1. The number of aryl methyl sites for hydroxylation is 2. The van der Waals surface area contributed by atoms with E-state index in [1.54, 1.807) is 23.5 Å². The number of ether oxygens (including phenoxy) is 1. The van der Waals surface area contributed by atoms with Gasteiger partial charge in [0.2, 0.25) is 0 Å². The molecule has 0 unspecified atom stereocenters. The average Bonchev–Trinajstić information content (AvgIpc) is 3.42. The lowest BCUT2D eigenvalue weighted by Gasteiger charge is -2.34. The van der Waals surface area contributed by atoms with Crippen LogP contribution in [0.5, 0.6) is 5.75 Å². The van der Waals surface area contributed by atoms with Gasteiger partial charge in [0, 0.05) is 36.4 Å². The smallest absolute Gasteiger partial charge is 0.406 e. The van der Waals surface area contributed by atoms with Crippen LogP contribution in [0.1, 0.15) is 57.9 Å². The topological polar surface area (TPSA) is 58.9 Å². The van der Waals surface area contributed by atoms with E-state index in [2.05, 4.69) is 44.2 Å². The zero-order valence-electron chi connectivity index (χ0n) is 21.2. The minimum Gasteiger partial charge on any atom is -0.406 e. The third-order valence-corrected chi connectivity index (χ3v) is 7.80. The van der Waals surface area contributed by atoms with Crippen LogP contribution in [0, 0.1) is 6.92 Å². The van der Waals surface area contributed by atoms with E-state index in [4.69, 9.17) is 0 Å². The van der Waals surface area contributed by atoms with Gasteiger partial charge in [-0.3, -0.25) is 9.20 Å². The largest absolute Gasteiger partial charge is 0.573 e. The summed E-state index contributed by atoms with van der Waals surface area (Å²) in [6.07, 6.45) is -0.127. The SMILES string of the molecule is CCc1nc2sc(C)cn2c1C(=O)NCc1ccc(C2CCN(c3ccc(OC(F)(F)F)cc3)CC2)cc1. The first-order valence-electron chi connectivity index (χ1n) is 12.7. The minimum atomic E-state index is -4.68. The first-order chi connectivity index (χ1) is 18.2. The molecule has 3 heterocycles. The number of alkyl halides is 3. The lowest BCUT2D eigenvalue weighted by atomic mass is 9.89. The van der Waals surface area contributed by atoms with Gasteiger partial charge in [-0.25, -0.2) is 4.98 Å². The van der Waals surface area contributed by atoms with Crippen molar-refractivity contribution in [1.82, 2.24) is 14.7 Å². The molecule has 10 heteroatoms. The van der Waals surface area contributed by atoms with Crippen molar-refractivity contribution in [2.24, 2.45) is 0 Å². The van der Waals surface area contributed by atoms with Crippen molar-refractivity contribution in [3.8, 4) is 5.75 Å². The van der Waals surface area contributed by atoms with Gasteiger partial charge >= 0.3 is 6.36 Å². The summed E-state index contributed by atoms with van der Waals surface area (Å²) in [5, 5.41) is 3.04. The van der Waals surface area contributed by atoms with E-state index < -0.39 is 6.36 Å². The van der Waals surface area contributed by atoms with Gasteiger partial charge in [-0.05, 0) is 67.5 Å². The Morgan fingerprint density at radius 1 is 1.11 bits per heavy atom. The number of hydrogen-bond donors (Lipinski definition) is 1. The molecule has 5 rings (SSSR count). The van der Waals surface area contributed by atoms with Crippen LogP contribution < -0.4 is 15.0 Å². The van der Waals surface area contributed by atoms with Crippen molar-refractivity contribution in [3.63, 3.8) is 0 Å². The van der Waals surface area contributed by atoms with Crippen molar-refractivity contribution in [1.29, 1.82) is 0 Å². The molecule has 1 fully saturated rings. The van der Waals surface area contributed by atoms with E-state index in [9.17, 15) is 18.0 Å². The number of nitrogens with one attached hydrogen (secondary N) is 1. The fraction of sp³-hybridized carbons (Fsp3) is 0.357. The highest BCUT2D eigenvalue weighted by Gasteiger charge is 2.31. The summed E-state index contributed by atoms with van der Waals surface area (Å²) in [5.74, 6) is 0.0802. The maximum Gasteiger partial charge on any atom is 0.573 e. The molecule has 0 aliphatic carbocycles. The molecule has 2 aromatic heterocycles. The van der Waals surface area contributed by atoms with Crippen molar-refractivity contribution in [3.05, 3.63) is 82.1 Å². The quantitative estimate of drug-likeness (QED) is 0.291. The molecule has 1 amide bonds. The highest BCUT2D eigenvalue weighted by atomic mass is 32.1. The van der Waals surface area contributed by atoms with Crippen LogP contribution in [0.25, 0.3) is 4.96 Å². The van der Waals surface area contributed by atoms with Gasteiger partial charge in [0.1, 0.15) is 11.4 Å². The zero-order chi connectivity index (χ0) is 26.9. The predicted molar refractivity (Wildman–Crippen MR) is 142 cm³/mol. The number of halogens is 3. The Kier molecular flexibility index (Phi) is 7.34. The second-order valence-electron chi connectivity index (χ2n) is 9.48. The van der Waals surface area contributed by atoms with Crippen LogP contribution >= 0.6 is 11.3 Å². The summed E-state index contributed by atoms with van der Waals surface area (Å²) in [5.41, 5.74) is 4.59. The minimum absolute atomic E-state index is 0.124. The van der Waals surface area contributed by atoms with Crippen LogP contribution in [0.15, 0.2) is 54.7 Å². The second-order valence-corrected chi connectivity index (χ2v) is 10.7. The Balaban J connectivity index is 1.15. The molecule has 38 heavy (non-hydrogen) atoms. The van der Waals surface area contributed by atoms with Crippen molar-refractivity contribution >= 4 is 27.9 Å². The van der Waals surface area contributed by atoms with E-state index in [0.717, 1.165) is 52.7 Å². The maximum absolute atomic E-state index is 13.0. The van der Waals surface area contributed by atoms with Gasteiger partial charge < -0.3 is 15.0 Å². The van der Waals surface area contributed by atoms with Crippen LogP contribution in [0.2, 0.25) is 0 Å². The molecule has 6 nitrogen and oxygen atoms in total. The van der Waals surface area contributed by atoms with E-state index in [1.165, 1.54) is 17.7 Å². The summed E-state index contributed by atoms with van der Waals surface area (Å²) in [6.45, 7) is 6.09. The molecule has 0 radical (unpaired) electrons. The second kappa shape index (κ2) is 10.7. The number of amides is 1. The van der Waals surface area contributed by atoms with E-state index in [-0.39, 0.29) is 11.7 Å². The number of fused-ring (bicyclic) bond motifs is 1. The molecule has 1 N–H and O–H groups in total. The standard InChI is InChI=1S/C28H29F3N4O2S/c1-3-24-25(35-17-18(2)38-27(35)33-24)26(36)32-16-19-4-6-20(7-5-19)21-12-14-34(15-13-21)22-8-10-23(11-9-22)37-28(29,30)31/h4-11,17,21H,3,12-16H2,1-2H3,(H,32,36). The first-order valence-corrected chi connectivity index (χ1v) is 13.5. The molecule has 4 aromatic rings. The molecule has 0 saturated carbocycles. The van der Waals surface area contributed by atoms with Gasteiger partial charge in [0.05, 0.1) is 5.69 Å². The summed E-state index contributed by atoms with van der Waals surface area (Å²) in [6, 6.07) is 14.4. The van der Waals surface area contributed by atoms with Gasteiger partial charge in [-0.15, -0.1) is 24.5 Å². The van der Waals surface area contributed by atoms with Gasteiger partial charge in [0.15, 0.2) is 4.96 Å². The monoisotopic (exact) mass is 542 g/mol. The summed E-state index contributed by atoms with van der Waals surface area (Å²) >= 11 is 1.58. The number of aromatic nitrogens is 2. The third-order valence-electron chi connectivity index (χ3n) is 6.90. The normalized spacial score (nSPS) is 14.7. The number of anilines is 1. The fourth-order valence-electron chi connectivity index (χ4n) is 4.99. The van der Waals surface area contributed by atoms with E-state index >= 15 is 0 Å². The molecular weight excluding hydrogens is 513 g/mol. The van der Waals surface area contributed by atoms with Crippen molar-refractivity contribution < 1.29 is 22.7 Å². The number of carbonyl (C=O) groups excluding carboxylic acids is 1. The highest BCUT2D eigenvalue weighted by molar-refractivity contribution is 7.17. The Bertz CT molecular complexity index is 1400. The van der Waals surface area contributed by atoms with Crippen LogP contribution in [-0.4, -0.2) is 34.7 Å². The molecule has 0 bridgehead atoms. The number of hydrogen-bond acceptors (Lipinski definition) is 5. The van der Waals surface area contributed by atoms with Crippen LogP contribution in [-0.2, 0) is 13.0 Å². The fourth-order valence-corrected chi connectivity index (χ4v) is 5.84. The number of rotatable bonds is 7. The number of piperidine rings is 1. The highest BCUT2D eigenvalue weighted by Crippen LogP contribution is 2.32. The van der Waals surface area contributed by atoms with E-state index in [1.807, 2.05) is 24.4 Å². The Hall–Kier alpha value is -3.53. The van der Waals surface area contributed by atoms with Crippen molar-refractivity contribution in [2.45, 2.75) is 51.9 Å². The number of nitrogens with zero attached hydrogens (tertiary/aromatic N) is 3. The predicted octanol–water partition coefficient (Wildman–Crippen LogP) is 6.48. The number of thiazole rings is 1. The number of benzene rings is 2. The van der Waals surface area contributed by atoms with Gasteiger partial charge in [0.25, 0.3) is 5.91 Å². The molecule has 1 aliphatic rings. The summed E-state index contributed by atoms with van der Waals surface area (Å²) in [7, 11) is 0.